The van der Waals surface area contributed by atoms with Crippen molar-refractivity contribution in [1.82, 2.24) is 9.62 Å². The first-order valence-electron chi connectivity index (χ1n) is 9.32. The summed E-state index contributed by atoms with van der Waals surface area (Å²) in [7, 11) is -3.71. The zero-order chi connectivity index (χ0) is 21.0. The number of anilines is 1. The highest BCUT2D eigenvalue weighted by atomic mass is 35.5. The zero-order valence-corrected chi connectivity index (χ0v) is 17.8. The Morgan fingerprint density at radius 1 is 1.14 bits per heavy atom. The average molecular weight is 434 g/mol. The molecule has 0 radical (unpaired) electrons. The average Bonchev–Trinajstić information content (AvgIpc) is 2.72. The maximum Gasteiger partial charge on any atom is 0.246 e. The van der Waals surface area contributed by atoms with Crippen LogP contribution in [0.25, 0.3) is 0 Å². The van der Waals surface area contributed by atoms with E-state index in [1.54, 1.807) is 30.0 Å². The van der Waals surface area contributed by atoms with E-state index in [0.717, 1.165) is 24.3 Å². The van der Waals surface area contributed by atoms with Crippen molar-refractivity contribution < 1.29 is 13.2 Å². The third-order valence-corrected chi connectivity index (χ3v) is 7.00. The van der Waals surface area contributed by atoms with Gasteiger partial charge in [-0.05, 0) is 42.3 Å². The molecule has 8 heteroatoms. The highest BCUT2D eigenvalue weighted by molar-refractivity contribution is 7.89. The summed E-state index contributed by atoms with van der Waals surface area (Å²) in [5, 5.41) is 0.210. The predicted molar refractivity (Wildman–Crippen MR) is 116 cm³/mol. The number of piperazine rings is 1. The first kappa shape index (κ1) is 21.4. The summed E-state index contributed by atoms with van der Waals surface area (Å²) >= 11 is 6.09. The molecule has 0 atom stereocenters. The van der Waals surface area contributed by atoms with Gasteiger partial charge in [0.1, 0.15) is 4.90 Å². The second-order valence-electron chi connectivity index (χ2n) is 6.89. The molecule has 0 saturated carbocycles. The molecular weight excluding hydrogens is 410 g/mol. The largest absolute Gasteiger partial charge is 0.368 e. The fourth-order valence-electron chi connectivity index (χ4n) is 3.35. The van der Waals surface area contributed by atoms with Gasteiger partial charge in [-0.1, -0.05) is 42.4 Å². The summed E-state index contributed by atoms with van der Waals surface area (Å²) in [6, 6.07) is 12.8. The van der Waals surface area contributed by atoms with Crippen LogP contribution in [-0.2, 0) is 21.4 Å². The molecule has 1 aliphatic heterocycles. The fraction of sp³-hybridized carbons (Fsp3) is 0.286. The summed E-state index contributed by atoms with van der Waals surface area (Å²) in [5.41, 5.74) is 2.50. The van der Waals surface area contributed by atoms with E-state index in [1.807, 2.05) is 24.3 Å². The minimum Gasteiger partial charge on any atom is -0.368 e. The SMILES string of the molecule is C=CC(=O)N1CCN(c2ccc(CNS(=O)(=O)c3c(C)cccc3Cl)cc2)CC1. The molecule has 1 N–H and O–H groups in total. The van der Waals surface area contributed by atoms with E-state index < -0.39 is 10.0 Å². The molecular formula is C21H24ClN3O3S. The molecule has 1 heterocycles. The Bertz CT molecular complexity index is 978. The number of hydrogen-bond acceptors (Lipinski definition) is 4. The van der Waals surface area contributed by atoms with Gasteiger partial charge in [0.25, 0.3) is 0 Å². The van der Waals surface area contributed by atoms with Gasteiger partial charge in [0, 0.05) is 38.4 Å². The van der Waals surface area contributed by atoms with E-state index in [1.165, 1.54) is 6.08 Å². The Morgan fingerprint density at radius 3 is 2.38 bits per heavy atom. The fourth-order valence-corrected chi connectivity index (χ4v) is 5.19. The Labute approximate surface area is 176 Å². The zero-order valence-electron chi connectivity index (χ0n) is 16.3. The molecule has 1 fully saturated rings. The van der Waals surface area contributed by atoms with Gasteiger partial charge in [-0.25, -0.2) is 13.1 Å². The van der Waals surface area contributed by atoms with Crippen LogP contribution >= 0.6 is 11.6 Å². The second-order valence-corrected chi connectivity index (χ2v) is 9.00. The lowest BCUT2D eigenvalue weighted by atomic mass is 10.2. The van der Waals surface area contributed by atoms with Gasteiger partial charge < -0.3 is 9.80 Å². The molecule has 154 valence electrons. The van der Waals surface area contributed by atoms with Gasteiger partial charge in [0.2, 0.25) is 15.9 Å². The highest BCUT2D eigenvalue weighted by Gasteiger charge is 2.21. The number of nitrogens with zero attached hydrogens (tertiary/aromatic N) is 2. The minimum absolute atomic E-state index is 0.0407. The number of nitrogens with one attached hydrogen (secondary N) is 1. The molecule has 1 aliphatic rings. The molecule has 2 aromatic carbocycles. The molecule has 0 aliphatic carbocycles. The normalized spacial score (nSPS) is 14.7. The number of halogens is 1. The van der Waals surface area contributed by atoms with Crippen molar-refractivity contribution in [3.05, 3.63) is 71.3 Å². The Morgan fingerprint density at radius 2 is 1.79 bits per heavy atom. The Balaban J connectivity index is 1.61. The van der Waals surface area contributed by atoms with Gasteiger partial charge in [0.05, 0.1) is 5.02 Å². The number of amides is 1. The summed E-state index contributed by atoms with van der Waals surface area (Å²) < 4.78 is 27.9. The number of hydrogen-bond donors (Lipinski definition) is 1. The van der Waals surface area contributed by atoms with Crippen molar-refractivity contribution in [2.24, 2.45) is 0 Å². The van der Waals surface area contributed by atoms with Gasteiger partial charge >= 0.3 is 0 Å². The molecule has 0 bridgehead atoms. The van der Waals surface area contributed by atoms with Crippen molar-refractivity contribution in [3.8, 4) is 0 Å². The van der Waals surface area contributed by atoms with E-state index in [9.17, 15) is 13.2 Å². The van der Waals surface area contributed by atoms with Crippen molar-refractivity contribution in [2.45, 2.75) is 18.4 Å². The quantitative estimate of drug-likeness (QED) is 0.711. The van der Waals surface area contributed by atoms with Gasteiger partial charge in [-0.15, -0.1) is 0 Å². The van der Waals surface area contributed by atoms with E-state index in [-0.39, 0.29) is 22.4 Å². The topological polar surface area (TPSA) is 69.7 Å². The Kier molecular flexibility index (Phi) is 6.62. The first-order chi connectivity index (χ1) is 13.8. The molecule has 0 aromatic heterocycles. The molecule has 3 rings (SSSR count). The third-order valence-electron chi connectivity index (χ3n) is 4.97. The van der Waals surface area contributed by atoms with Crippen LogP contribution < -0.4 is 9.62 Å². The van der Waals surface area contributed by atoms with Crippen LogP contribution in [0.5, 0.6) is 0 Å². The van der Waals surface area contributed by atoms with Crippen LogP contribution in [0.15, 0.2) is 60.0 Å². The van der Waals surface area contributed by atoms with E-state index in [0.29, 0.717) is 18.7 Å². The lowest BCUT2D eigenvalue weighted by Crippen LogP contribution is -2.48. The summed E-state index contributed by atoms with van der Waals surface area (Å²) in [6.45, 7) is 8.23. The van der Waals surface area contributed by atoms with Crippen LogP contribution in [0.2, 0.25) is 5.02 Å². The third kappa shape index (κ3) is 4.98. The van der Waals surface area contributed by atoms with Gasteiger partial charge in [0.15, 0.2) is 0 Å². The van der Waals surface area contributed by atoms with Crippen LogP contribution in [0.3, 0.4) is 0 Å². The standard InChI is InChI=1S/C21H24ClN3O3S/c1-3-20(26)25-13-11-24(12-14-25)18-9-7-17(8-10-18)15-23-29(27,28)21-16(2)5-4-6-19(21)22/h3-10,23H,1,11-15H2,2H3. The van der Waals surface area contributed by atoms with Crippen LogP contribution in [0, 0.1) is 6.92 Å². The van der Waals surface area contributed by atoms with Gasteiger partial charge in [-0.2, -0.15) is 0 Å². The molecule has 1 amide bonds. The number of rotatable bonds is 6. The smallest absolute Gasteiger partial charge is 0.246 e. The van der Waals surface area contributed by atoms with Crippen LogP contribution in [0.4, 0.5) is 5.69 Å². The number of carbonyl (C=O) groups is 1. The predicted octanol–water partition coefficient (Wildman–Crippen LogP) is 2.96. The number of carbonyl (C=O) groups excluding carboxylic acids is 1. The van der Waals surface area contributed by atoms with Crippen molar-refractivity contribution in [1.29, 1.82) is 0 Å². The molecule has 29 heavy (non-hydrogen) atoms. The number of sulfonamides is 1. The van der Waals surface area contributed by atoms with Crippen molar-refractivity contribution in [3.63, 3.8) is 0 Å². The summed E-state index contributed by atoms with van der Waals surface area (Å²) in [4.78, 5) is 15.8. The minimum atomic E-state index is -3.71. The number of aryl methyl sites for hydroxylation is 1. The first-order valence-corrected chi connectivity index (χ1v) is 11.2. The maximum absolute atomic E-state index is 12.6. The van der Waals surface area contributed by atoms with Crippen LogP contribution in [0.1, 0.15) is 11.1 Å². The molecule has 0 spiro atoms. The van der Waals surface area contributed by atoms with E-state index in [4.69, 9.17) is 11.6 Å². The second kappa shape index (κ2) is 8.98. The van der Waals surface area contributed by atoms with E-state index >= 15 is 0 Å². The molecule has 6 nitrogen and oxygen atoms in total. The lowest BCUT2D eigenvalue weighted by molar-refractivity contribution is -0.126. The highest BCUT2D eigenvalue weighted by Crippen LogP contribution is 2.25. The van der Waals surface area contributed by atoms with Crippen molar-refractivity contribution in [2.75, 3.05) is 31.1 Å². The number of benzene rings is 2. The molecule has 1 saturated heterocycles. The summed E-state index contributed by atoms with van der Waals surface area (Å²) in [5.74, 6) is -0.0407. The van der Waals surface area contributed by atoms with Crippen molar-refractivity contribution >= 4 is 33.2 Å². The Hall–Kier alpha value is -2.35. The van der Waals surface area contributed by atoms with E-state index in [2.05, 4.69) is 16.2 Å². The molecule has 2 aromatic rings. The van der Waals surface area contributed by atoms with Crippen LogP contribution in [-0.4, -0.2) is 45.4 Å². The van der Waals surface area contributed by atoms with Gasteiger partial charge in [-0.3, -0.25) is 4.79 Å². The monoisotopic (exact) mass is 433 g/mol. The maximum atomic E-state index is 12.6. The lowest BCUT2D eigenvalue weighted by Gasteiger charge is -2.35. The summed E-state index contributed by atoms with van der Waals surface area (Å²) in [6.07, 6.45) is 1.34. The molecule has 0 unspecified atom stereocenters.